The number of amides is 3. The second-order valence-electron chi connectivity index (χ2n) is 6.24. The summed E-state index contributed by atoms with van der Waals surface area (Å²) in [6, 6.07) is 11.1. The standard InChI is InChI=1S/C19H23N3O3S/c1-25-16-8-6-15(7-9-16)21-18(23)14-4-2-10-22(13-14)19(24)20-12-17-5-3-11-26-17/h3,5-9,11,14H,2,4,10,12-13H2,1H3,(H,20,24)(H,21,23). The van der Waals surface area contributed by atoms with Crippen LogP contribution in [0.15, 0.2) is 41.8 Å². The van der Waals surface area contributed by atoms with Crippen molar-refractivity contribution in [2.75, 3.05) is 25.5 Å². The number of methoxy groups -OCH3 is 1. The first-order valence-corrected chi connectivity index (χ1v) is 9.54. The predicted octanol–water partition coefficient (Wildman–Crippen LogP) is 3.32. The van der Waals surface area contributed by atoms with Crippen LogP contribution >= 0.6 is 11.3 Å². The highest BCUT2D eigenvalue weighted by molar-refractivity contribution is 7.09. The Labute approximate surface area is 157 Å². The maximum absolute atomic E-state index is 12.5. The van der Waals surface area contributed by atoms with Crippen molar-refractivity contribution in [1.29, 1.82) is 0 Å². The summed E-state index contributed by atoms with van der Waals surface area (Å²) in [5.41, 5.74) is 0.732. The molecule has 0 spiro atoms. The second-order valence-corrected chi connectivity index (χ2v) is 7.27. The number of rotatable bonds is 5. The van der Waals surface area contributed by atoms with E-state index in [1.165, 1.54) is 0 Å². The number of likely N-dealkylation sites (tertiary alicyclic amines) is 1. The number of carbonyl (C=O) groups is 2. The monoisotopic (exact) mass is 373 g/mol. The summed E-state index contributed by atoms with van der Waals surface area (Å²) in [6.07, 6.45) is 1.61. The zero-order chi connectivity index (χ0) is 18.4. The molecule has 1 saturated heterocycles. The minimum Gasteiger partial charge on any atom is -0.497 e. The van der Waals surface area contributed by atoms with Gasteiger partial charge in [-0.2, -0.15) is 0 Å². The predicted molar refractivity (Wildman–Crippen MR) is 102 cm³/mol. The van der Waals surface area contributed by atoms with E-state index in [4.69, 9.17) is 4.74 Å². The lowest BCUT2D eigenvalue weighted by atomic mass is 9.97. The van der Waals surface area contributed by atoms with Crippen LogP contribution in [0.1, 0.15) is 17.7 Å². The molecule has 1 fully saturated rings. The van der Waals surface area contributed by atoms with Crippen molar-refractivity contribution in [2.24, 2.45) is 5.92 Å². The van der Waals surface area contributed by atoms with E-state index in [1.54, 1.807) is 35.5 Å². The highest BCUT2D eigenvalue weighted by atomic mass is 32.1. The Morgan fingerprint density at radius 1 is 1.27 bits per heavy atom. The molecule has 1 unspecified atom stereocenters. The molecule has 2 heterocycles. The summed E-state index contributed by atoms with van der Waals surface area (Å²) in [5.74, 6) is 0.499. The second kappa shape index (κ2) is 8.71. The topological polar surface area (TPSA) is 70.7 Å². The van der Waals surface area contributed by atoms with Gasteiger partial charge in [-0.15, -0.1) is 11.3 Å². The third-order valence-corrected chi connectivity index (χ3v) is 5.31. The summed E-state index contributed by atoms with van der Waals surface area (Å²) >= 11 is 1.61. The fraction of sp³-hybridized carbons (Fsp3) is 0.368. The third kappa shape index (κ3) is 4.76. The SMILES string of the molecule is COc1ccc(NC(=O)C2CCCN(C(=O)NCc3cccs3)C2)cc1. The van der Waals surface area contributed by atoms with Crippen LogP contribution in [-0.4, -0.2) is 37.0 Å². The highest BCUT2D eigenvalue weighted by Crippen LogP contribution is 2.20. The van der Waals surface area contributed by atoms with E-state index in [9.17, 15) is 9.59 Å². The van der Waals surface area contributed by atoms with Crippen LogP contribution in [0.5, 0.6) is 5.75 Å². The summed E-state index contributed by atoms with van der Waals surface area (Å²) in [6.45, 7) is 1.65. The summed E-state index contributed by atoms with van der Waals surface area (Å²) < 4.78 is 5.12. The normalized spacial score (nSPS) is 16.8. The summed E-state index contributed by atoms with van der Waals surface area (Å²) in [4.78, 5) is 27.7. The lowest BCUT2D eigenvalue weighted by Crippen LogP contribution is -2.47. The fourth-order valence-electron chi connectivity index (χ4n) is 2.98. The van der Waals surface area contributed by atoms with Gasteiger partial charge in [0.25, 0.3) is 0 Å². The Hall–Kier alpha value is -2.54. The van der Waals surface area contributed by atoms with Crippen LogP contribution < -0.4 is 15.4 Å². The number of carbonyl (C=O) groups excluding carboxylic acids is 2. The van der Waals surface area contributed by atoms with E-state index in [0.717, 1.165) is 29.2 Å². The van der Waals surface area contributed by atoms with Gasteiger partial charge in [0.15, 0.2) is 0 Å². The summed E-state index contributed by atoms with van der Waals surface area (Å²) in [7, 11) is 1.60. The van der Waals surface area contributed by atoms with Gasteiger partial charge in [-0.05, 0) is 48.6 Å². The Morgan fingerprint density at radius 2 is 2.08 bits per heavy atom. The molecular weight excluding hydrogens is 350 g/mol. The molecular formula is C19H23N3O3S. The van der Waals surface area contributed by atoms with Crippen LogP contribution in [0.25, 0.3) is 0 Å². The van der Waals surface area contributed by atoms with Gasteiger partial charge in [-0.25, -0.2) is 4.79 Å². The van der Waals surface area contributed by atoms with Crippen molar-refractivity contribution in [1.82, 2.24) is 10.2 Å². The van der Waals surface area contributed by atoms with Gasteiger partial charge < -0.3 is 20.3 Å². The van der Waals surface area contributed by atoms with Crippen LogP contribution in [0.2, 0.25) is 0 Å². The van der Waals surface area contributed by atoms with Gasteiger partial charge in [-0.1, -0.05) is 6.07 Å². The molecule has 2 N–H and O–H groups in total. The number of anilines is 1. The van der Waals surface area contributed by atoms with Crippen LogP contribution in [-0.2, 0) is 11.3 Å². The number of benzene rings is 1. The number of nitrogens with one attached hydrogen (secondary N) is 2. The van der Waals surface area contributed by atoms with E-state index in [1.807, 2.05) is 29.6 Å². The molecule has 0 saturated carbocycles. The number of hydrogen-bond donors (Lipinski definition) is 2. The maximum Gasteiger partial charge on any atom is 0.317 e. The molecule has 0 radical (unpaired) electrons. The van der Waals surface area contributed by atoms with Crippen molar-refractivity contribution in [3.63, 3.8) is 0 Å². The molecule has 26 heavy (non-hydrogen) atoms. The molecule has 1 aromatic carbocycles. The van der Waals surface area contributed by atoms with E-state index >= 15 is 0 Å². The average Bonchev–Trinajstić information content (AvgIpc) is 3.20. The molecule has 3 amide bonds. The Balaban J connectivity index is 1.51. The molecule has 3 rings (SSSR count). The van der Waals surface area contributed by atoms with Gasteiger partial charge in [-0.3, -0.25) is 4.79 Å². The minimum atomic E-state index is -0.196. The third-order valence-electron chi connectivity index (χ3n) is 4.43. The molecule has 1 atom stereocenters. The molecule has 1 aromatic heterocycles. The van der Waals surface area contributed by atoms with E-state index in [0.29, 0.717) is 19.6 Å². The van der Waals surface area contributed by atoms with Gasteiger partial charge in [0.05, 0.1) is 19.6 Å². The number of urea groups is 1. The molecule has 1 aliphatic heterocycles. The van der Waals surface area contributed by atoms with E-state index in [2.05, 4.69) is 10.6 Å². The largest absolute Gasteiger partial charge is 0.497 e. The number of nitrogens with zero attached hydrogens (tertiary/aromatic N) is 1. The van der Waals surface area contributed by atoms with Crippen LogP contribution in [0.4, 0.5) is 10.5 Å². The molecule has 6 nitrogen and oxygen atoms in total. The smallest absolute Gasteiger partial charge is 0.317 e. The first-order chi connectivity index (χ1) is 12.7. The van der Waals surface area contributed by atoms with Crippen molar-refractivity contribution in [3.05, 3.63) is 46.7 Å². The maximum atomic E-state index is 12.5. The molecule has 2 aromatic rings. The number of piperidine rings is 1. The van der Waals surface area contributed by atoms with Gasteiger partial charge in [0.1, 0.15) is 5.75 Å². The lowest BCUT2D eigenvalue weighted by Gasteiger charge is -2.32. The van der Waals surface area contributed by atoms with Crippen LogP contribution in [0.3, 0.4) is 0 Å². The molecule has 7 heteroatoms. The Bertz CT molecular complexity index is 731. The first kappa shape index (κ1) is 18.3. The zero-order valence-electron chi connectivity index (χ0n) is 14.7. The van der Waals surface area contributed by atoms with E-state index < -0.39 is 0 Å². The lowest BCUT2D eigenvalue weighted by molar-refractivity contribution is -0.121. The van der Waals surface area contributed by atoms with Gasteiger partial charge in [0.2, 0.25) is 5.91 Å². The van der Waals surface area contributed by atoms with Crippen molar-refractivity contribution < 1.29 is 14.3 Å². The Kier molecular flexibility index (Phi) is 6.12. The van der Waals surface area contributed by atoms with Crippen molar-refractivity contribution >= 4 is 29.0 Å². The highest BCUT2D eigenvalue weighted by Gasteiger charge is 2.28. The minimum absolute atomic E-state index is 0.0501. The van der Waals surface area contributed by atoms with Crippen molar-refractivity contribution in [3.8, 4) is 5.75 Å². The summed E-state index contributed by atoms with van der Waals surface area (Å²) in [5, 5.41) is 7.84. The molecule has 0 aliphatic carbocycles. The molecule has 0 bridgehead atoms. The average molecular weight is 373 g/mol. The fourth-order valence-corrected chi connectivity index (χ4v) is 3.63. The number of thiophene rings is 1. The van der Waals surface area contributed by atoms with Gasteiger partial charge in [0, 0.05) is 23.7 Å². The quantitative estimate of drug-likeness (QED) is 0.845. The first-order valence-electron chi connectivity index (χ1n) is 8.66. The number of ether oxygens (including phenoxy) is 1. The zero-order valence-corrected chi connectivity index (χ0v) is 15.6. The molecule has 1 aliphatic rings. The van der Waals surface area contributed by atoms with E-state index in [-0.39, 0.29) is 17.9 Å². The number of hydrogen-bond acceptors (Lipinski definition) is 4. The Morgan fingerprint density at radius 3 is 2.77 bits per heavy atom. The van der Waals surface area contributed by atoms with Gasteiger partial charge >= 0.3 is 6.03 Å². The molecule has 138 valence electrons. The van der Waals surface area contributed by atoms with Crippen LogP contribution in [0, 0.1) is 5.92 Å². The van der Waals surface area contributed by atoms with Crippen molar-refractivity contribution in [2.45, 2.75) is 19.4 Å².